The van der Waals surface area contributed by atoms with Crippen LogP contribution in [0.3, 0.4) is 0 Å². The van der Waals surface area contributed by atoms with Crippen LogP contribution in [0.5, 0.6) is 0 Å². The second-order valence-electron chi connectivity index (χ2n) is 8.39. The van der Waals surface area contributed by atoms with Gasteiger partial charge in [-0.2, -0.15) is 39.5 Å². The molecule has 1 amide bonds. The van der Waals surface area contributed by atoms with Gasteiger partial charge in [0.05, 0.1) is 16.1 Å². The maximum atomic E-state index is 14.5. The molecule has 0 saturated heterocycles. The molecule has 16 heteroatoms. The summed E-state index contributed by atoms with van der Waals surface area (Å²) >= 11 is 12.8. The molecule has 0 fully saturated rings. The molecule has 3 nitrogen and oxygen atoms in total. The summed E-state index contributed by atoms with van der Waals surface area (Å²) in [6.45, 7) is 0. The number of carbonyl (C=O) groups is 2. The fourth-order valence-electron chi connectivity index (χ4n) is 3.66. The normalized spacial score (nSPS) is 12.8. The summed E-state index contributed by atoms with van der Waals surface area (Å²) in [5.74, 6) is -1.77. The lowest BCUT2D eigenvalue weighted by atomic mass is 9.89. The molecule has 0 saturated carbocycles. The number of hydrogen-bond acceptors (Lipinski definition) is 2. The van der Waals surface area contributed by atoms with Gasteiger partial charge < -0.3 is 5.32 Å². The Bertz CT molecular complexity index is 1490. The summed E-state index contributed by atoms with van der Waals surface area (Å²) in [6, 6.07) is 8.17. The molecule has 0 radical (unpaired) electrons. The molecular weight excluding hydrogens is 734 g/mol. The molecule has 0 bridgehead atoms. The molecule has 3 rings (SSSR count). The molecule has 1 N–H and O–H groups in total. The fourth-order valence-corrected chi connectivity index (χ4v) is 4.97. The minimum Gasteiger partial charge on any atom is -0.322 e. The third-order valence-electron chi connectivity index (χ3n) is 5.64. The molecule has 0 aliphatic carbocycles. The second-order valence-corrected chi connectivity index (χ2v) is 10.4. The van der Waals surface area contributed by atoms with Crippen molar-refractivity contribution in [1.29, 1.82) is 0 Å². The number of benzene rings is 3. The molecule has 3 aromatic rings. The SMILES string of the molecule is O=C(Cc1c(I)cc(C(F)(C(F)(F)F)C(F)(F)F)cc1C(F)(F)F)c1cccc(NC(=O)c2ccc(Cl)cc2Cl)c1. The van der Waals surface area contributed by atoms with Gasteiger partial charge in [0.25, 0.3) is 5.91 Å². The van der Waals surface area contributed by atoms with Crippen molar-refractivity contribution in [3.63, 3.8) is 0 Å². The number of ketones is 1. The summed E-state index contributed by atoms with van der Waals surface area (Å²) in [5.41, 5.74) is -11.7. The van der Waals surface area contributed by atoms with E-state index >= 15 is 0 Å². The van der Waals surface area contributed by atoms with Crippen LogP contribution < -0.4 is 5.32 Å². The Balaban J connectivity index is 1.99. The maximum absolute atomic E-state index is 14.5. The summed E-state index contributed by atoms with van der Waals surface area (Å²) in [6.07, 6.45) is -20.0. The number of halogens is 13. The Hall–Kier alpha value is -2.59. The van der Waals surface area contributed by atoms with Gasteiger partial charge in [-0.05, 0) is 70.6 Å². The van der Waals surface area contributed by atoms with Gasteiger partial charge in [-0.1, -0.05) is 35.3 Å². The predicted octanol–water partition coefficient (Wildman–Crippen LogP) is 9.58. The van der Waals surface area contributed by atoms with Gasteiger partial charge in [-0.15, -0.1) is 0 Å². The molecule has 41 heavy (non-hydrogen) atoms. The van der Waals surface area contributed by atoms with E-state index < -0.39 is 68.6 Å². The van der Waals surface area contributed by atoms with E-state index in [4.69, 9.17) is 23.2 Å². The third-order valence-corrected chi connectivity index (χ3v) is 7.15. The number of nitrogens with one attached hydrogen (secondary N) is 1. The van der Waals surface area contributed by atoms with Crippen LogP contribution in [-0.2, 0) is 18.3 Å². The lowest BCUT2D eigenvalue weighted by molar-refractivity contribution is -0.348. The van der Waals surface area contributed by atoms with Gasteiger partial charge in [0, 0.05) is 31.8 Å². The van der Waals surface area contributed by atoms with Gasteiger partial charge in [0.15, 0.2) is 5.78 Å². The Labute approximate surface area is 247 Å². The number of hydrogen-bond donors (Lipinski definition) is 1. The van der Waals surface area contributed by atoms with E-state index in [1.54, 1.807) is 0 Å². The summed E-state index contributed by atoms with van der Waals surface area (Å²) in [4.78, 5) is 25.4. The minimum atomic E-state index is -6.64. The molecule has 0 aromatic heterocycles. The van der Waals surface area contributed by atoms with Gasteiger partial charge >= 0.3 is 24.2 Å². The Morgan fingerprint density at radius 1 is 0.805 bits per heavy atom. The van der Waals surface area contributed by atoms with Crippen molar-refractivity contribution in [2.45, 2.75) is 30.6 Å². The first-order chi connectivity index (χ1) is 18.7. The van der Waals surface area contributed by atoms with E-state index in [0.717, 1.165) is 34.7 Å². The number of alkyl halides is 10. The zero-order chi connectivity index (χ0) is 31.1. The summed E-state index contributed by atoms with van der Waals surface area (Å²) in [5, 5.41) is 2.66. The Morgan fingerprint density at radius 3 is 1.95 bits per heavy atom. The highest BCUT2D eigenvalue weighted by Gasteiger charge is 2.73. The van der Waals surface area contributed by atoms with E-state index in [9.17, 15) is 53.5 Å². The molecule has 0 heterocycles. The van der Waals surface area contributed by atoms with E-state index in [1.165, 1.54) is 30.3 Å². The first kappa shape index (κ1) is 32.9. The van der Waals surface area contributed by atoms with Crippen LogP contribution in [0.2, 0.25) is 10.0 Å². The van der Waals surface area contributed by atoms with Gasteiger partial charge in [-0.3, -0.25) is 9.59 Å². The van der Waals surface area contributed by atoms with Crippen LogP contribution in [0.25, 0.3) is 0 Å². The average Bonchev–Trinajstić information content (AvgIpc) is 2.82. The Kier molecular flexibility index (Phi) is 9.31. The minimum absolute atomic E-state index is 0.00101. The quantitative estimate of drug-likeness (QED) is 0.155. The molecule has 0 spiro atoms. The van der Waals surface area contributed by atoms with Gasteiger partial charge in [0.1, 0.15) is 0 Å². The molecule has 3 aromatic carbocycles. The average molecular weight is 746 g/mol. The van der Waals surface area contributed by atoms with Crippen molar-refractivity contribution in [3.05, 3.63) is 96.0 Å². The molecule has 0 unspecified atom stereocenters. The van der Waals surface area contributed by atoms with Crippen LogP contribution in [0.4, 0.5) is 49.6 Å². The van der Waals surface area contributed by atoms with Crippen molar-refractivity contribution in [2.24, 2.45) is 0 Å². The smallest absolute Gasteiger partial charge is 0.322 e. The van der Waals surface area contributed by atoms with Crippen LogP contribution >= 0.6 is 45.8 Å². The van der Waals surface area contributed by atoms with Crippen molar-refractivity contribution in [2.75, 3.05) is 5.32 Å². The van der Waals surface area contributed by atoms with Crippen LogP contribution in [0.1, 0.15) is 37.4 Å². The summed E-state index contributed by atoms with van der Waals surface area (Å²) in [7, 11) is 0. The number of carbonyl (C=O) groups excluding carboxylic acids is 2. The monoisotopic (exact) mass is 745 g/mol. The topological polar surface area (TPSA) is 46.2 Å². The number of Topliss-reactive ketones (excluding diaryl/α,β-unsaturated/α-hetero) is 1. The van der Waals surface area contributed by atoms with Gasteiger partial charge in [-0.25, -0.2) is 4.39 Å². The Morgan fingerprint density at radius 2 is 1.41 bits per heavy atom. The standard InChI is InChI=1S/C25H12Cl2F10INO2/c26-13-4-5-15(18(27)9-13)21(41)39-14-3-1-2-11(6-14)20(40)10-16-17(23(29,30)31)7-12(8-19(16)38)22(28,24(32,33)34)25(35,36)37/h1-9H,10H2,(H,39,41). The van der Waals surface area contributed by atoms with Crippen LogP contribution in [0.15, 0.2) is 54.6 Å². The molecule has 220 valence electrons. The predicted molar refractivity (Wildman–Crippen MR) is 138 cm³/mol. The molecule has 0 atom stereocenters. The molecular formula is C25H12Cl2F10INO2. The first-order valence-electron chi connectivity index (χ1n) is 10.8. The third kappa shape index (κ3) is 6.91. The lowest BCUT2D eigenvalue weighted by Gasteiger charge is -2.31. The highest BCUT2D eigenvalue weighted by molar-refractivity contribution is 14.1. The van der Waals surface area contributed by atoms with Crippen LogP contribution in [-0.4, -0.2) is 24.0 Å². The number of anilines is 1. The zero-order valence-corrected chi connectivity index (χ0v) is 23.3. The second kappa shape index (κ2) is 11.6. The van der Waals surface area contributed by atoms with Crippen molar-refractivity contribution < 1.29 is 53.5 Å². The molecule has 0 aliphatic rings. The van der Waals surface area contributed by atoms with Crippen LogP contribution in [0, 0.1) is 3.57 Å². The highest BCUT2D eigenvalue weighted by atomic mass is 127. The number of rotatable bonds is 6. The summed E-state index contributed by atoms with van der Waals surface area (Å²) < 4.78 is 134. The van der Waals surface area contributed by atoms with Crippen molar-refractivity contribution in [3.8, 4) is 0 Å². The van der Waals surface area contributed by atoms with E-state index in [2.05, 4.69) is 5.32 Å². The van der Waals surface area contributed by atoms with Gasteiger partial charge in [0.2, 0.25) is 0 Å². The van der Waals surface area contributed by atoms with E-state index in [0.29, 0.717) is 0 Å². The van der Waals surface area contributed by atoms with E-state index in [1.807, 2.05) is 0 Å². The fraction of sp³-hybridized carbons (Fsp3) is 0.200. The van der Waals surface area contributed by atoms with Crippen molar-refractivity contribution >= 4 is 63.2 Å². The zero-order valence-electron chi connectivity index (χ0n) is 19.6. The highest BCUT2D eigenvalue weighted by Crippen LogP contribution is 2.54. The van der Waals surface area contributed by atoms with E-state index in [-0.39, 0.29) is 32.9 Å². The molecule has 0 aliphatic heterocycles. The maximum Gasteiger partial charge on any atom is 0.435 e. The largest absolute Gasteiger partial charge is 0.435 e. The van der Waals surface area contributed by atoms with Crippen molar-refractivity contribution in [1.82, 2.24) is 0 Å². The first-order valence-corrected chi connectivity index (χ1v) is 12.6. The number of amides is 1. The lowest BCUT2D eigenvalue weighted by Crippen LogP contribution is -2.50.